The summed E-state index contributed by atoms with van der Waals surface area (Å²) >= 11 is 0. The molecule has 8 heteroatoms. The molecule has 0 spiro atoms. The van der Waals surface area contributed by atoms with E-state index in [0.29, 0.717) is 18.8 Å². The predicted molar refractivity (Wildman–Crippen MR) is 112 cm³/mol. The van der Waals surface area contributed by atoms with Crippen molar-refractivity contribution in [1.82, 2.24) is 8.87 Å². The van der Waals surface area contributed by atoms with Crippen molar-refractivity contribution in [2.45, 2.75) is 51.0 Å². The van der Waals surface area contributed by atoms with E-state index in [-0.39, 0.29) is 17.3 Å². The van der Waals surface area contributed by atoms with Crippen molar-refractivity contribution in [3.05, 3.63) is 58.0 Å². The van der Waals surface area contributed by atoms with Gasteiger partial charge in [-0.25, -0.2) is 8.42 Å². The molecule has 0 unspecified atom stereocenters. The summed E-state index contributed by atoms with van der Waals surface area (Å²) in [4.78, 5) is 25.1. The highest BCUT2D eigenvalue weighted by Crippen LogP contribution is 2.20. The number of carbonyl (C=O) groups is 1. The van der Waals surface area contributed by atoms with Gasteiger partial charge in [0.15, 0.2) is 0 Å². The molecule has 1 saturated heterocycles. The Labute approximate surface area is 171 Å². The van der Waals surface area contributed by atoms with Crippen LogP contribution in [0, 0.1) is 13.8 Å². The maximum atomic E-state index is 13.0. The average Bonchev–Trinajstić information content (AvgIpc) is 2.96. The van der Waals surface area contributed by atoms with Crippen LogP contribution in [0.2, 0.25) is 0 Å². The number of carbonyl (C=O) groups excluding carboxylic acids is 1. The first kappa shape index (κ1) is 21.3. The highest BCUT2D eigenvalue weighted by atomic mass is 32.2. The molecule has 1 aliphatic heterocycles. The van der Waals surface area contributed by atoms with Gasteiger partial charge in [0.05, 0.1) is 0 Å². The molecule has 1 aromatic heterocycles. The molecule has 0 atom stereocenters. The van der Waals surface area contributed by atoms with Crippen molar-refractivity contribution in [2.24, 2.45) is 0 Å². The molecular weight excluding hydrogens is 390 g/mol. The van der Waals surface area contributed by atoms with Crippen LogP contribution in [-0.2, 0) is 21.4 Å². The van der Waals surface area contributed by atoms with Gasteiger partial charge >= 0.3 is 0 Å². The molecule has 7 nitrogen and oxygen atoms in total. The minimum absolute atomic E-state index is 0.254. The van der Waals surface area contributed by atoms with Crippen LogP contribution in [0.15, 0.2) is 46.2 Å². The monoisotopic (exact) mass is 417 g/mol. The number of benzene rings is 1. The second-order valence-corrected chi connectivity index (χ2v) is 9.35. The number of hydrogen-bond donors (Lipinski definition) is 1. The first-order chi connectivity index (χ1) is 13.8. The Morgan fingerprint density at radius 3 is 2.24 bits per heavy atom. The Kier molecular flexibility index (Phi) is 6.54. The fourth-order valence-electron chi connectivity index (χ4n) is 3.60. The molecular formula is C21H27N3O4S. The van der Waals surface area contributed by atoms with E-state index < -0.39 is 15.6 Å². The molecule has 3 rings (SSSR count). The van der Waals surface area contributed by atoms with Crippen molar-refractivity contribution in [3.63, 3.8) is 0 Å². The van der Waals surface area contributed by atoms with Crippen LogP contribution in [0.4, 0.5) is 5.69 Å². The number of nitrogens with one attached hydrogen (secondary N) is 1. The number of sulfonamides is 1. The Morgan fingerprint density at radius 2 is 1.62 bits per heavy atom. The molecule has 1 aliphatic rings. The number of anilines is 1. The van der Waals surface area contributed by atoms with Gasteiger partial charge in [0.1, 0.15) is 11.4 Å². The Hall–Kier alpha value is -2.45. The Bertz CT molecular complexity index is 1030. The smallest absolute Gasteiger partial charge is 0.271 e. The lowest BCUT2D eigenvalue weighted by atomic mass is 10.1. The molecule has 2 aromatic rings. The van der Waals surface area contributed by atoms with Gasteiger partial charge in [-0.1, -0.05) is 31.0 Å². The number of aryl methyl sites for hydroxylation is 2. The Balaban J connectivity index is 1.83. The second kappa shape index (κ2) is 8.92. The summed E-state index contributed by atoms with van der Waals surface area (Å²) in [5.41, 5.74) is 1.87. The van der Waals surface area contributed by atoms with Gasteiger partial charge in [-0.05, 0) is 49.9 Å². The standard InChI is InChI=1S/C21H27N3O4S/c1-16-9-7-10-17(2)20(16)22-19(25)15-23-12-8-11-18(21(23)26)29(27,28)24-13-5-3-4-6-14-24/h7-12H,3-6,13-15H2,1-2H3,(H,22,25). The van der Waals surface area contributed by atoms with Crippen LogP contribution in [0.25, 0.3) is 0 Å². The van der Waals surface area contributed by atoms with Gasteiger partial charge in [-0.3, -0.25) is 9.59 Å². The van der Waals surface area contributed by atoms with Gasteiger partial charge in [-0.15, -0.1) is 0 Å². The molecule has 1 amide bonds. The zero-order valence-corrected chi connectivity index (χ0v) is 17.7. The number of rotatable bonds is 5. The number of pyridine rings is 1. The van der Waals surface area contributed by atoms with Gasteiger partial charge in [0, 0.05) is 25.0 Å². The number of amides is 1. The van der Waals surface area contributed by atoms with Crippen LogP contribution >= 0.6 is 0 Å². The maximum Gasteiger partial charge on any atom is 0.271 e. The summed E-state index contributed by atoms with van der Waals surface area (Å²) in [6.07, 6.45) is 5.00. The van der Waals surface area contributed by atoms with Gasteiger partial charge in [0.25, 0.3) is 5.56 Å². The fraction of sp³-hybridized carbons (Fsp3) is 0.429. The van der Waals surface area contributed by atoms with Crippen molar-refractivity contribution >= 4 is 21.6 Å². The molecule has 0 bridgehead atoms. The van der Waals surface area contributed by atoms with E-state index in [2.05, 4.69) is 5.32 Å². The highest BCUT2D eigenvalue weighted by molar-refractivity contribution is 7.89. The average molecular weight is 418 g/mol. The summed E-state index contributed by atoms with van der Waals surface area (Å²) in [6.45, 7) is 4.37. The van der Waals surface area contributed by atoms with Crippen LogP contribution in [0.1, 0.15) is 36.8 Å². The fourth-order valence-corrected chi connectivity index (χ4v) is 5.21. The SMILES string of the molecule is Cc1cccc(C)c1NC(=O)Cn1cccc(S(=O)(=O)N2CCCCCC2)c1=O. The van der Waals surface area contributed by atoms with Gasteiger partial charge in [0.2, 0.25) is 15.9 Å². The minimum Gasteiger partial charge on any atom is -0.324 e. The third-order valence-corrected chi connectivity index (χ3v) is 7.14. The largest absolute Gasteiger partial charge is 0.324 e. The summed E-state index contributed by atoms with van der Waals surface area (Å²) < 4.78 is 28.5. The summed E-state index contributed by atoms with van der Waals surface area (Å²) in [6, 6.07) is 8.51. The minimum atomic E-state index is -3.88. The molecule has 2 heterocycles. The van der Waals surface area contributed by atoms with Crippen molar-refractivity contribution in [3.8, 4) is 0 Å². The maximum absolute atomic E-state index is 13.0. The lowest BCUT2D eigenvalue weighted by molar-refractivity contribution is -0.116. The quantitative estimate of drug-likeness (QED) is 0.810. The van der Waals surface area contributed by atoms with Crippen molar-refractivity contribution in [2.75, 3.05) is 18.4 Å². The van der Waals surface area contributed by atoms with E-state index >= 15 is 0 Å². The number of para-hydroxylation sites is 1. The zero-order chi connectivity index (χ0) is 21.0. The van der Waals surface area contributed by atoms with Crippen LogP contribution in [0.5, 0.6) is 0 Å². The van der Waals surface area contributed by atoms with Crippen molar-refractivity contribution in [1.29, 1.82) is 0 Å². The molecule has 1 fully saturated rings. The second-order valence-electron chi connectivity index (χ2n) is 7.44. The number of nitrogens with zero attached hydrogens (tertiary/aromatic N) is 2. The van der Waals surface area contributed by atoms with E-state index in [1.807, 2.05) is 32.0 Å². The molecule has 0 aliphatic carbocycles. The van der Waals surface area contributed by atoms with Crippen molar-refractivity contribution < 1.29 is 13.2 Å². The normalized spacial score (nSPS) is 15.7. The highest BCUT2D eigenvalue weighted by Gasteiger charge is 2.28. The van der Waals surface area contributed by atoms with Crippen LogP contribution in [0.3, 0.4) is 0 Å². The van der Waals surface area contributed by atoms with E-state index in [1.165, 1.54) is 22.6 Å². The van der Waals surface area contributed by atoms with E-state index in [0.717, 1.165) is 41.4 Å². The lowest BCUT2D eigenvalue weighted by Gasteiger charge is -2.20. The lowest BCUT2D eigenvalue weighted by Crippen LogP contribution is -2.37. The third-order valence-electron chi connectivity index (χ3n) is 5.23. The molecule has 0 radical (unpaired) electrons. The topological polar surface area (TPSA) is 88.5 Å². The first-order valence-corrected chi connectivity index (χ1v) is 11.3. The molecule has 1 N–H and O–H groups in total. The summed E-state index contributed by atoms with van der Waals surface area (Å²) in [7, 11) is -3.88. The van der Waals surface area contributed by atoms with Gasteiger partial charge in [-0.2, -0.15) is 4.31 Å². The molecule has 156 valence electrons. The number of hydrogen-bond acceptors (Lipinski definition) is 4. The van der Waals surface area contributed by atoms with E-state index in [1.54, 1.807) is 0 Å². The van der Waals surface area contributed by atoms with E-state index in [9.17, 15) is 18.0 Å². The first-order valence-electron chi connectivity index (χ1n) is 9.86. The van der Waals surface area contributed by atoms with E-state index in [4.69, 9.17) is 0 Å². The summed E-state index contributed by atoms with van der Waals surface area (Å²) in [5, 5.41) is 2.83. The summed E-state index contributed by atoms with van der Waals surface area (Å²) in [5.74, 6) is -0.381. The van der Waals surface area contributed by atoms with Gasteiger partial charge < -0.3 is 9.88 Å². The third kappa shape index (κ3) is 4.76. The molecule has 29 heavy (non-hydrogen) atoms. The molecule has 0 saturated carbocycles. The zero-order valence-electron chi connectivity index (χ0n) is 16.8. The predicted octanol–water partition coefficient (Wildman–Crippen LogP) is 2.67. The van der Waals surface area contributed by atoms with Crippen LogP contribution in [-0.4, -0.2) is 36.3 Å². The van der Waals surface area contributed by atoms with Crippen LogP contribution < -0.4 is 10.9 Å². The Morgan fingerprint density at radius 1 is 1.00 bits per heavy atom. The number of aromatic nitrogens is 1. The molecule has 1 aromatic carbocycles.